The predicted molar refractivity (Wildman–Crippen MR) is 59.3 cm³/mol. The van der Waals surface area contributed by atoms with Gasteiger partial charge >= 0.3 is 0 Å². The van der Waals surface area contributed by atoms with Crippen molar-refractivity contribution >= 4 is 9.84 Å². The van der Waals surface area contributed by atoms with Gasteiger partial charge in [0.25, 0.3) is 0 Å². The SMILES string of the molecule is CS(=O)(=O)c1ccc(-c2ccc(F)cc2)[nH]1. The molecule has 1 aromatic heterocycles. The number of rotatable bonds is 2. The maximum atomic E-state index is 12.7. The minimum absolute atomic E-state index is 0.159. The van der Waals surface area contributed by atoms with Crippen molar-refractivity contribution < 1.29 is 12.8 Å². The molecule has 0 radical (unpaired) electrons. The van der Waals surface area contributed by atoms with Crippen molar-refractivity contribution in [3.8, 4) is 11.3 Å². The van der Waals surface area contributed by atoms with Gasteiger partial charge in [-0.25, -0.2) is 12.8 Å². The quantitative estimate of drug-likeness (QED) is 0.873. The lowest BCUT2D eigenvalue weighted by atomic mass is 10.1. The highest BCUT2D eigenvalue weighted by Crippen LogP contribution is 2.20. The van der Waals surface area contributed by atoms with E-state index in [2.05, 4.69) is 4.98 Å². The Hall–Kier alpha value is -1.62. The average Bonchev–Trinajstić information content (AvgIpc) is 2.67. The summed E-state index contributed by atoms with van der Waals surface area (Å²) in [5.74, 6) is -0.321. The molecule has 0 saturated heterocycles. The third kappa shape index (κ3) is 2.14. The zero-order valence-electron chi connectivity index (χ0n) is 8.57. The van der Waals surface area contributed by atoms with Gasteiger partial charge < -0.3 is 4.98 Å². The molecule has 1 N–H and O–H groups in total. The highest BCUT2D eigenvalue weighted by molar-refractivity contribution is 7.90. The van der Waals surface area contributed by atoms with E-state index in [4.69, 9.17) is 0 Å². The Balaban J connectivity index is 2.43. The first-order chi connectivity index (χ1) is 7.47. The van der Waals surface area contributed by atoms with Crippen LogP contribution in [0.15, 0.2) is 41.4 Å². The zero-order valence-corrected chi connectivity index (χ0v) is 9.38. The van der Waals surface area contributed by atoms with E-state index < -0.39 is 9.84 Å². The molecule has 16 heavy (non-hydrogen) atoms. The van der Waals surface area contributed by atoms with Crippen molar-refractivity contribution in [1.82, 2.24) is 4.98 Å². The van der Waals surface area contributed by atoms with Crippen LogP contribution < -0.4 is 0 Å². The summed E-state index contributed by atoms with van der Waals surface area (Å²) in [6.07, 6.45) is 1.13. The number of aromatic nitrogens is 1. The van der Waals surface area contributed by atoms with Gasteiger partial charge in [-0.1, -0.05) is 0 Å². The topological polar surface area (TPSA) is 49.9 Å². The minimum Gasteiger partial charge on any atom is -0.346 e. The van der Waals surface area contributed by atoms with E-state index in [-0.39, 0.29) is 10.8 Å². The number of benzene rings is 1. The molecule has 0 aliphatic carbocycles. The molecule has 0 fully saturated rings. The van der Waals surface area contributed by atoms with E-state index in [1.54, 1.807) is 18.2 Å². The number of sulfone groups is 1. The number of aromatic amines is 1. The molecule has 1 aromatic carbocycles. The van der Waals surface area contributed by atoms with Gasteiger partial charge in [0.2, 0.25) is 0 Å². The van der Waals surface area contributed by atoms with Crippen LogP contribution in [0.3, 0.4) is 0 Å². The molecule has 0 bridgehead atoms. The second kappa shape index (κ2) is 3.75. The van der Waals surface area contributed by atoms with E-state index >= 15 is 0 Å². The van der Waals surface area contributed by atoms with Gasteiger partial charge in [0, 0.05) is 11.9 Å². The van der Waals surface area contributed by atoms with Gasteiger partial charge in [0.05, 0.1) is 0 Å². The first kappa shape index (κ1) is 10.9. The number of hydrogen-bond donors (Lipinski definition) is 1. The maximum absolute atomic E-state index is 12.7. The Bertz CT molecular complexity index is 599. The second-order valence-corrected chi connectivity index (χ2v) is 5.50. The summed E-state index contributed by atoms with van der Waals surface area (Å²) >= 11 is 0. The van der Waals surface area contributed by atoms with Crippen LogP contribution >= 0.6 is 0 Å². The van der Waals surface area contributed by atoms with Gasteiger partial charge in [-0.05, 0) is 42.0 Å². The molecule has 0 aliphatic rings. The number of hydrogen-bond acceptors (Lipinski definition) is 2. The van der Waals surface area contributed by atoms with Gasteiger partial charge in [0.1, 0.15) is 10.8 Å². The fourth-order valence-corrected chi connectivity index (χ4v) is 2.00. The lowest BCUT2D eigenvalue weighted by molar-refractivity contribution is 0.599. The molecule has 0 amide bonds. The molecule has 0 atom stereocenters. The summed E-state index contributed by atoms with van der Waals surface area (Å²) in [5.41, 5.74) is 1.40. The number of H-pyrrole nitrogens is 1. The van der Waals surface area contributed by atoms with Crippen LogP contribution in [0.5, 0.6) is 0 Å². The van der Waals surface area contributed by atoms with Crippen molar-refractivity contribution in [2.24, 2.45) is 0 Å². The molecule has 0 saturated carbocycles. The summed E-state index contributed by atoms with van der Waals surface area (Å²) in [6, 6.07) is 8.99. The molecule has 3 nitrogen and oxygen atoms in total. The minimum atomic E-state index is -3.23. The molecular weight excluding hydrogens is 229 g/mol. The van der Waals surface area contributed by atoms with Crippen LogP contribution in [0.1, 0.15) is 0 Å². The summed E-state index contributed by atoms with van der Waals surface area (Å²) < 4.78 is 35.2. The van der Waals surface area contributed by atoms with Crippen LogP contribution in [-0.4, -0.2) is 19.7 Å². The third-order valence-corrected chi connectivity index (χ3v) is 3.25. The molecule has 2 aromatic rings. The molecule has 84 valence electrons. The van der Waals surface area contributed by atoms with E-state index in [1.165, 1.54) is 18.2 Å². The number of nitrogens with one attached hydrogen (secondary N) is 1. The highest BCUT2D eigenvalue weighted by Gasteiger charge is 2.10. The van der Waals surface area contributed by atoms with E-state index in [1.807, 2.05) is 0 Å². The van der Waals surface area contributed by atoms with E-state index in [0.29, 0.717) is 5.69 Å². The first-order valence-electron chi connectivity index (χ1n) is 4.62. The van der Waals surface area contributed by atoms with Gasteiger partial charge in [0.15, 0.2) is 9.84 Å². The fraction of sp³-hybridized carbons (Fsp3) is 0.0909. The molecule has 0 aliphatic heterocycles. The summed E-state index contributed by atoms with van der Waals surface area (Å²) in [6.45, 7) is 0. The fourth-order valence-electron chi connectivity index (χ4n) is 1.39. The van der Waals surface area contributed by atoms with Gasteiger partial charge in [-0.2, -0.15) is 0 Å². The summed E-state index contributed by atoms with van der Waals surface area (Å²) in [4.78, 5) is 2.78. The summed E-state index contributed by atoms with van der Waals surface area (Å²) in [5, 5.41) is 0.159. The van der Waals surface area contributed by atoms with Crippen LogP contribution in [-0.2, 0) is 9.84 Å². The summed E-state index contributed by atoms with van der Waals surface area (Å²) in [7, 11) is -3.23. The second-order valence-electron chi connectivity index (χ2n) is 3.52. The number of halogens is 1. The molecule has 1 heterocycles. The molecular formula is C11H10FNO2S. The van der Waals surface area contributed by atoms with Crippen molar-refractivity contribution in [3.05, 3.63) is 42.2 Å². The third-order valence-electron chi connectivity index (χ3n) is 2.21. The van der Waals surface area contributed by atoms with Gasteiger partial charge in [-0.3, -0.25) is 0 Å². The molecule has 0 unspecified atom stereocenters. The van der Waals surface area contributed by atoms with Crippen molar-refractivity contribution in [3.63, 3.8) is 0 Å². The highest BCUT2D eigenvalue weighted by atomic mass is 32.2. The Morgan fingerprint density at radius 1 is 1.06 bits per heavy atom. The predicted octanol–water partition coefficient (Wildman–Crippen LogP) is 2.22. The largest absolute Gasteiger partial charge is 0.346 e. The normalized spacial score (nSPS) is 11.6. The average molecular weight is 239 g/mol. The first-order valence-corrected chi connectivity index (χ1v) is 6.51. The molecule has 0 spiro atoms. The zero-order chi connectivity index (χ0) is 11.8. The van der Waals surface area contributed by atoms with E-state index in [9.17, 15) is 12.8 Å². The van der Waals surface area contributed by atoms with Crippen molar-refractivity contribution in [2.75, 3.05) is 6.26 Å². The van der Waals surface area contributed by atoms with E-state index in [0.717, 1.165) is 11.8 Å². The van der Waals surface area contributed by atoms with Gasteiger partial charge in [-0.15, -0.1) is 0 Å². The maximum Gasteiger partial charge on any atom is 0.190 e. The van der Waals surface area contributed by atoms with Crippen LogP contribution in [0.4, 0.5) is 4.39 Å². The molecule has 5 heteroatoms. The Kier molecular flexibility index (Phi) is 2.55. The lowest BCUT2D eigenvalue weighted by Crippen LogP contribution is -1.96. The van der Waals surface area contributed by atoms with Crippen LogP contribution in [0, 0.1) is 5.82 Å². The van der Waals surface area contributed by atoms with Crippen molar-refractivity contribution in [2.45, 2.75) is 5.03 Å². The Morgan fingerprint density at radius 2 is 1.69 bits per heavy atom. The lowest BCUT2D eigenvalue weighted by Gasteiger charge is -1.97. The van der Waals surface area contributed by atoms with Crippen LogP contribution in [0.2, 0.25) is 0 Å². The van der Waals surface area contributed by atoms with Crippen LogP contribution in [0.25, 0.3) is 11.3 Å². The standard InChI is InChI=1S/C11H10FNO2S/c1-16(14,15)11-7-6-10(13-11)8-2-4-9(12)5-3-8/h2-7,13H,1H3. The monoisotopic (exact) mass is 239 g/mol. The molecule has 2 rings (SSSR count). The van der Waals surface area contributed by atoms with Crippen molar-refractivity contribution in [1.29, 1.82) is 0 Å². The Labute approximate surface area is 92.9 Å². The smallest absolute Gasteiger partial charge is 0.190 e. The Morgan fingerprint density at radius 3 is 2.19 bits per heavy atom.